The molecule has 0 radical (unpaired) electrons. The highest BCUT2D eigenvalue weighted by molar-refractivity contribution is 7.23. The largest absolute Gasteiger partial charge is 0.313 e. The third-order valence-corrected chi connectivity index (χ3v) is 9.49. The topological polar surface area (TPSA) is 54.0 Å². The van der Waals surface area contributed by atoms with Gasteiger partial charge in [-0.05, 0) is 57.9 Å². The van der Waals surface area contributed by atoms with Gasteiger partial charge in [0.15, 0.2) is 0 Å². The Bertz CT molecular complexity index is 1330. The first-order valence-electron chi connectivity index (χ1n) is 10.1. The van der Waals surface area contributed by atoms with Crippen molar-refractivity contribution in [2.45, 2.75) is 45.2 Å². The number of anilines is 1. The molecule has 0 aliphatic carbocycles. The molecule has 4 nitrogen and oxygen atoms in total. The van der Waals surface area contributed by atoms with Crippen LogP contribution in [0.4, 0.5) is 5.00 Å². The molecule has 4 aromatic rings. The van der Waals surface area contributed by atoms with Crippen molar-refractivity contribution >= 4 is 78.3 Å². The van der Waals surface area contributed by atoms with Crippen molar-refractivity contribution in [2.24, 2.45) is 0 Å². The summed E-state index contributed by atoms with van der Waals surface area (Å²) in [5, 5.41) is 8.59. The molecule has 0 saturated carbocycles. The molecule has 4 heterocycles. The fraction of sp³-hybridized carbons (Fsp3) is 0.304. The summed E-state index contributed by atoms with van der Waals surface area (Å²) in [4.78, 5) is 19.3. The number of fused-ring (bicyclic) bond motifs is 2. The molecule has 3 aromatic heterocycles. The van der Waals surface area contributed by atoms with Gasteiger partial charge in [-0.25, -0.2) is 4.98 Å². The van der Waals surface area contributed by atoms with Gasteiger partial charge in [0.25, 0.3) is 5.91 Å². The molecule has 0 unspecified atom stereocenters. The number of amides is 1. The summed E-state index contributed by atoms with van der Waals surface area (Å²) in [6.45, 7) is 8.80. The number of thiazole rings is 1. The quantitative estimate of drug-likeness (QED) is 0.289. The van der Waals surface area contributed by atoms with Crippen molar-refractivity contribution in [3.05, 3.63) is 55.0 Å². The van der Waals surface area contributed by atoms with Gasteiger partial charge in [0.05, 0.1) is 20.1 Å². The van der Waals surface area contributed by atoms with Gasteiger partial charge in [-0.3, -0.25) is 4.79 Å². The van der Waals surface area contributed by atoms with Crippen LogP contribution in [-0.4, -0.2) is 16.4 Å². The van der Waals surface area contributed by atoms with Crippen LogP contribution in [0.15, 0.2) is 30.3 Å². The van der Waals surface area contributed by atoms with Gasteiger partial charge in [-0.2, -0.15) is 0 Å². The molecule has 2 N–H and O–H groups in total. The molecule has 32 heavy (non-hydrogen) atoms. The average molecular weight is 523 g/mol. The number of nitrogens with zero attached hydrogens (tertiary/aromatic N) is 1. The predicted octanol–water partition coefficient (Wildman–Crippen LogP) is 7.80. The lowest BCUT2D eigenvalue weighted by molar-refractivity contribution is 0.102. The van der Waals surface area contributed by atoms with Crippen molar-refractivity contribution in [1.82, 2.24) is 10.3 Å². The molecule has 9 heteroatoms. The van der Waals surface area contributed by atoms with Crippen molar-refractivity contribution in [3.8, 4) is 10.6 Å². The van der Waals surface area contributed by atoms with Gasteiger partial charge in [0.1, 0.15) is 14.3 Å². The van der Waals surface area contributed by atoms with Crippen molar-refractivity contribution in [2.75, 3.05) is 5.32 Å². The monoisotopic (exact) mass is 521 g/mol. The molecule has 0 spiro atoms. The minimum absolute atomic E-state index is 0.0888. The molecule has 1 aliphatic rings. The first kappa shape index (κ1) is 22.3. The Hall–Kier alpha value is -1.48. The number of halogens is 2. The summed E-state index contributed by atoms with van der Waals surface area (Å²) in [7, 11) is 0. The molecule has 0 bridgehead atoms. The Morgan fingerprint density at radius 1 is 1.12 bits per heavy atom. The second-order valence-electron chi connectivity index (χ2n) is 9.10. The molecule has 0 saturated heterocycles. The predicted molar refractivity (Wildman–Crippen MR) is 139 cm³/mol. The van der Waals surface area contributed by atoms with E-state index in [-0.39, 0.29) is 17.0 Å². The van der Waals surface area contributed by atoms with Crippen LogP contribution in [0.1, 0.15) is 48.5 Å². The highest BCUT2D eigenvalue weighted by Crippen LogP contribution is 2.50. The van der Waals surface area contributed by atoms with Crippen molar-refractivity contribution in [3.63, 3.8) is 0 Å². The number of hydrogen-bond acceptors (Lipinski definition) is 6. The molecule has 5 rings (SSSR count). The molecule has 166 valence electrons. The number of carbonyl (C=O) groups excluding carboxylic acids is 1. The Balaban J connectivity index is 1.68. The van der Waals surface area contributed by atoms with Gasteiger partial charge in [0.2, 0.25) is 0 Å². The SMILES string of the molecule is CC1(C)Cc2c(sc(NC(=O)c3cc(Cl)sc3Cl)c2-c2nc3ccccc3s2)C(C)(C)N1. The lowest BCUT2D eigenvalue weighted by Crippen LogP contribution is -2.54. The number of para-hydroxylation sites is 1. The number of carbonyl (C=O) groups is 1. The number of aromatic nitrogens is 1. The highest BCUT2D eigenvalue weighted by Gasteiger charge is 2.41. The molecule has 1 aliphatic heterocycles. The van der Waals surface area contributed by atoms with Crippen molar-refractivity contribution < 1.29 is 4.79 Å². The van der Waals surface area contributed by atoms with Gasteiger partial charge >= 0.3 is 0 Å². The van der Waals surface area contributed by atoms with E-state index in [1.807, 2.05) is 18.2 Å². The Labute approximate surface area is 208 Å². The van der Waals surface area contributed by atoms with E-state index in [0.29, 0.717) is 14.2 Å². The fourth-order valence-corrected chi connectivity index (χ4v) is 8.33. The number of hydrogen-bond donors (Lipinski definition) is 2. The molecule has 1 aromatic carbocycles. The molecule has 0 atom stereocenters. The lowest BCUT2D eigenvalue weighted by Gasteiger charge is -2.42. The van der Waals surface area contributed by atoms with Gasteiger partial charge in [0, 0.05) is 21.5 Å². The van der Waals surface area contributed by atoms with E-state index in [9.17, 15) is 4.79 Å². The minimum Gasteiger partial charge on any atom is -0.313 e. The van der Waals surface area contributed by atoms with Crippen LogP contribution < -0.4 is 10.6 Å². The van der Waals surface area contributed by atoms with Crippen LogP contribution >= 0.6 is 57.2 Å². The number of thiophene rings is 2. The van der Waals surface area contributed by atoms with Crippen LogP contribution in [0.5, 0.6) is 0 Å². The summed E-state index contributed by atoms with van der Waals surface area (Å²) in [5.41, 5.74) is 3.28. The summed E-state index contributed by atoms with van der Waals surface area (Å²) >= 11 is 16.8. The summed E-state index contributed by atoms with van der Waals surface area (Å²) in [6, 6.07) is 9.74. The zero-order chi connectivity index (χ0) is 22.8. The number of nitrogens with one attached hydrogen (secondary N) is 2. The smallest absolute Gasteiger partial charge is 0.258 e. The Morgan fingerprint density at radius 2 is 1.88 bits per heavy atom. The number of benzene rings is 1. The van der Waals surface area contributed by atoms with E-state index in [1.54, 1.807) is 28.7 Å². The zero-order valence-corrected chi connectivity index (χ0v) is 21.9. The Kier molecular flexibility index (Phi) is 5.43. The molecule has 1 amide bonds. The minimum atomic E-state index is -0.260. The van der Waals surface area contributed by atoms with E-state index in [0.717, 1.165) is 32.2 Å². The van der Waals surface area contributed by atoms with Gasteiger partial charge in [-0.1, -0.05) is 35.3 Å². The van der Waals surface area contributed by atoms with Gasteiger partial charge in [-0.15, -0.1) is 34.0 Å². The van der Waals surface area contributed by atoms with E-state index in [4.69, 9.17) is 28.2 Å². The maximum atomic E-state index is 13.1. The third kappa shape index (κ3) is 3.89. The lowest BCUT2D eigenvalue weighted by atomic mass is 9.81. The second kappa shape index (κ2) is 7.79. The molecule has 0 fully saturated rings. The van der Waals surface area contributed by atoms with E-state index in [2.05, 4.69) is 44.4 Å². The van der Waals surface area contributed by atoms with E-state index < -0.39 is 0 Å². The molecular formula is C23H21Cl2N3OS3. The average Bonchev–Trinajstić information content (AvgIpc) is 3.34. The first-order valence-corrected chi connectivity index (χ1v) is 13.3. The van der Waals surface area contributed by atoms with Crippen LogP contribution in [0.2, 0.25) is 8.67 Å². The van der Waals surface area contributed by atoms with Crippen LogP contribution in [0.3, 0.4) is 0 Å². The van der Waals surface area contributed by atoms with Crippen LogP contribution in [-0.2, 0) is 12.0 Å². The van der Waals surface area contributed by atoms with Crippen molar-refractivity contribution in [1.29, 1.82) is 0 Å². The maximum Gasteiger partial charge on any atom is 0.258 e. The van der Waals surface area contributed by atoms with Crippen LogP contribution in [0, 0.1) is 0 Å². The number of rotatable bonds is 3. The Morgan fingerprint density at radius 3 is 2.56 bits per heavy atom. The second-order valence-corrected chi connectivity index (χ2v) is 13.4. The highest BCUT2D eigenvalue weighted by atomic mass is 35.5. The van der Waals surface area contributed by atoms with E-state index in [1.165, 1.54) is 21.8 Å². The zero-order valence-electron chi connectivity index (χ0n) is 17.9. The maximum absolute atomic E-state index is 13.1. The van der Waals surface area contributed by atoms with Crippen LogP contribution in [0.25, 0.3) is 20.8 Å². The first-order chi connectivity index (χ1) is 15.0. The van der Waals surface area contributed by atoms with Gasteiger partial charge < -0.3 is 10.6 Å². The normalized spacial score (nSPS) is 16.8. The summed E-state index contributed by atoms with van der Waals surface area (Å²) < 4.78 is 2.00. The van der Waals surface area contributed by atoms with E-state index >= 15 is 0 Å². The third-order valence-electron chi connectivity index (χ3n) is 5.48. The summed E-state index contributed by atoms with van der Waals surface area (Å²) in [5.74, 6) is -0.260. The fourth-order valence-electron chi connectivity index (χ4n) is 4.49. The summed E-state index contributed by atoms with van der Waals surface area (Å²) in [6.07, 6.45) is 0.842. The standard InChI is InChI=1S/C23H21Cl2N3OS3/c1-22(2)10-12-16(20-26-13-7-5-6-8-14(13)30-20)21(32-17(12)23(3,4)28-22)27-19(29)11-9-15(24)31-18(11)25/h5-9,28H,10H2,1-4H3,(H,27,29). The molecular weight excluding hydrogens is 501 g/mol.